The average Bonchev–Trinajstić information content (AvgIpc) is 3.35. The van der Waals surface area contributed by atoms with Gasteiger partial charge in [-0.3, -0.25) is 14.4 Å². The van der Waals surface area contributed by atoms with Gasteiger partial charge in [-0.25, -0.2) is 0 Å². The third-order valence-electron chi connectivity index (χ3n) is 12.7. The summed E-state index contributed by atoms with van der Waals surface area (Å²) in [5.74, 6) is -0.938. The highest BCUT2D eigenvalue weighted by Gasteiger charge is 2.19. The number of esters is 3. The van der Waals surface area contributed by atoms with Crippen molar-refractivity contribution in [1.82, 2.24) is 0 Å². The summed E-state index contributed by atoms with van der Waals surface area (Å²) in [5.41, 5.74) is 0. The van der Waals surface area contributed by atoms with Crippen molar-refractivity contribution in [3.05, 3.63) is 72.9 Å². The molecule has 0 aromatic rings. The van der Waals surface area contributed by atoms with E-state index < -0.39 is 6.10 Å². The summed E-state index contributed by atoms with van der Waals surface area (Å²) in [6.45, 7) is 6.48. The first-order valence-corrected chi connectivity index (χ1v) is 29.4. The lowest BCUT2D eigenvalue weighted by atomic mass is 10.0. The minimum Gasteiger partial charge on any atom is -0.462 e. The van der Waals surface area contributed by atoms with Crippen LogP contribution in [0.5, 0.6) is 0 Å². The molecule has 0 spiro atoms. The largest absolute Gasteiger partial charge is 0.462 e. The molecule has 0 aliphatic carbocycles. The number of carbonyl (C=O) groups is 3. The molecule has 0 N–H and O–H groups in total. The fourth-order valence-corrected chi connectivity index (χ4v) is 8.29. The van der Waals surface area contributed by atoms with Gasteiger partial charge in [0.2, 0.25) is 0 Å². The summed E-state index contributed by atoms with van der Waals surface area (Å²) < 4.78 is 16.8. The van der Waals surface area contributed by atoms with Crippen molar-refractivity contribution in [3.8, 4) is 0 Å². The minimum atomic E-state index is -0.797. The Morgan fingerprint density at radius 1 is 0.304 bits per heavy atom. The van der Waals surface area contributed by atoms with Crippen LogP contribution in [0, 0.1) is 0 Å². The summed E-state index contributed by atoms with van der Waals surface area (Å²) in [4.78, 5) is 38.2. The van der Waals surface area contributed by atoms with Gasteiger partial charge < -0.3 is 14.2 Å². The van der Waals surface area contributed by atoms with Crippen LogP contribution in [0.4, 0.5) is 0 Å². The maximum atomic E-state index is 12.9. The maximum absolute atomic E-state index is 12.9. The van der Waals surface area contributed by atoms with Gasteiger partial charge in [0, 0.05) is 19.3 Å². The van der Waals surface area contributed by atoms with E-state index in [-0.39, 0.29) is 31.1 Å². The van der Waals surface area contributed by atoms with Gasteiger partial charge in [-0.1, -0.05) is 254 Å². The van der Waals surface area contributed by atoms with E-state index in [9.17, 15) is 14.4 Å². The third-order valence-corrected chi connectivity index (χ3v) is 12.7. The molecule has 0 radical (unpaired) electrons. The van der Waals surface area contributed by atoms with E-state index in [1.54, 1.807) is 0 Å². The first kappa shape index (κ1) is 65.8. The van der Waals surface area contributed by atoms with Gasteiger partial charge >= 0.3 is 17.9 Å². The Kier molecular flexibility index (Phi) is 54.8. The smallest absolute Gasteiger partial charge is 0.306 e. The topological polar surface area (TPSA) is 78.9 Å². The van der Waals surface area contributed by atoms with E-state index in [0.29, 0.717) is 19.3 Å². The SMILES string of the molecule is CC/C=C\C/C=C\C/C=C\C/C=C\CCCCC(=O)OC[C@H](COC(=O)CCCCCCC/C=C\C/C=C\CCCCC)OC(=O)CCCCCCCCCCCCCCCCCCCCCCC. The Balaban J connectivity index is 4.39. The van der Waals surface area contributed by atoms with Gasteiger partial charge in [0.25, 0.3) is 0 Å². The lowest BCUT2D eigenvalue weighted by molar-refractivity contribution is -0.167. The summed E-state index contributed by atoms with van der Waals surface area (Å²) in [6, 6.07) is 0. The van der Waals surface area contributed by atoms with Crippen molar-refractivity contribution < 1.29 is 28.6 Å². The summed E-state index contributed by atoms with van der Waals surface area (Å²) in [6.07, 6.45) is 73.3. The molecule has 0 amide bonds. The van der Waals surface area contributed by atoms with Crippen LogP contribution >= 0.6 is 0 Å². The Morgan fingerprint density at radius 3 is 0.942 bits per heavy atom. The highest BCUT2D eigenvalue weighted by atomic mass is 16.6. The predicted octanol–water partition coefficient (Wildman–Crippen LogP) is 19.8. The van der Waals surface area contributed by atoms with Gasteiger partial charge in [0.1, 0.15) is 13.2 Å². The van der Waals surface area contributed by atoms with Crippen LogP contribution in [0.15, 0.2) is 72.9 Å². The summed E-state index contributed by atoms with van der Waals surface area (Å²) in [7, 11) is 0. The van der Waals surface area contributed by atoms with E-state index in [4.69, 9.17) is 14.2 Å². The molecule has 0 heterocycles. The molecule has 0 aromatic heterocycles. The Hall–Kier alpha value is -3.15. The zero-order chi connectivity index (χ0) is 50.0. The molecule has 0 aliphatic rings. The quantitative estimate of drug-likeness (QED) is 0.0262. The fraction of sp³-hybridized carbons (Fsp3) is 0.762. The normalized spacial score (nSPS) is 12.6. The highest BCUT2D eigenvalue weighted by molar-refractivity contribution is 5.71. The first-order chi connectivity index (χ1) is 34.0. The predicted molar refractivity (Wildman–Crippen MR) is 298 cm³/mol. The van der Waals surface area contributed by atoms with Crippen LogP contribution < -0.4 is 0 Å². The van der Waals surface area contributed by atoms with Gasteiger partial charge in [0.15, 0.2) is 6.10 Å². The number of carbonyl (C=O) groups excluding carboxylic acids is 3. The minimum absolute atomic E-state index is 0.0940. The van der Waals surface area contributed by atoms with Crippen molar-refractivity contribution >= 4 is 17.9 Å². The second-order valence-electron chi connectivity index (χ2n) is 19.5. The van der Waals surface area contributed by atoms with Crippen molar-refractivity contribution in [1.29, 1.82) is 0 Å². The van der Waals surface area contributed by atoms with Crippen LogP contribution in [-0.4, -0.2) is 37.2 Å². The zero-order valence-corrected chi connectivity index (χ0v) is 45.6. The Morgan fingerprint density at radius 2 is 0.565 bits per heavy atom. The monoisotopic (exact) mass is 963 g/mol. The second-order valence-corrected chi connectivity index (χ2v) is 19.5. The molecular formula is C63H110O6. The molecule has 0 bridgehead atoms. The Labute approximate surface area is 427 Å². The molecule has 0 fully saturated rings. The van der Waals surface area contributed by atoms with Crippen molar-refractivity contribution in [3.63, 3.8) is 0 Å². The van der Waals surface area contributed by atoms with Crippen LogP contribution in [0.1, 0.15) is 290 Å². The van der Waals surface area contributed by atoms with Crippen molar-refractivity contribution in [2.75, 3.05) is 13.2 Å². The van der Waals surface area contributed by atoms with Crippen LogP contribution in [0.2, 0.25) is 0 Å². The number of allylic oxidation sites excluding steroid dienone is 12. The van der Waals surface area contributed by atoms with Crippen LogP contribution in [0.25, 0.3) is 0 Å². The molecule has 69 heavy (non-hydrogen) atoms. The summed E-state index contributed by atoms with van der Waals surface area (Å²) >= 11 is 0. The lowest BCUT2D eigenvalue weighted by Crippen LogP contribution is -2.30. The molecule has 6 heteroatoms. The number of ether oxygens (including phenoxy) is 3. The van der Waals surface area contributed by atoms with Gasteiger partial charge in [-0.15, -0.1) is 0 Å². The lowest BCUT2D eigenvalue weighted by Gasteiger charge is -2.18. The number of rotatable bonds is 53. The molecule has 0 saturated heterocycles. The van der Waals surface area contributed by atoms with E-state index in [1.807, 2.05) is 0 Å². The zero-order valence-electron chi connectivity index (χ0n) is 45.6. The molecule has 0 saturated carbocycles. The second kappa shape index (κ2) is 57.4. The average molecular weight is 964 g/mol. The number of unbranched alkanes of at least 4 members (excludes halogenated alkanes) is 30. The van der Waals surface area contributed by atoms with E-state index >= 15 is 0 Å². The van der Waals surface area contributed by atoms with Crippen LogP contribution in [-0.2, 0) is 28.6 Å². The number of hydrogen-bond donors (Lipinski definition) is 0. The van der Waals surface area contributed by atoms with E-state index in [1.165, 1.54) is 141 Å². The van der Waals surface area contributed by atoms with E-state index in [2.05, 4.69) is 93.7 Å². The fourth-order valence-electron chi connectivity index (χ4n) is 8.29. The standard InChI is InChI=1S/C63H110O6/c1-4-7-10-13-16-19-22-25-28-29-30-31-32-33-36-39-42-45-48-51-54-57-63(66)69-60(58-67-61(64)55-52-49-46-43-40-37-34-26-23-20-17-14-11-8-5-2)59-68-62(65)56-53-50-47-44-41-38-35-27-24-21-18-15-12-9-6-3/h8,11,17-18,20-21,26-27,34-35,40,43,60H,4-7,9-10,12-16,19,22-25,28-33,36-39,41-42,44-59H2,1-3H3/b11-8-,20-17-,21-18-,34-26-,35-27-,43-40-/t60-/m1/s1. The molecule has 1 atom stereocenters. The van der Waals surface area contributed by atoms with Crippen molar-refractivity contribution in [2.45, 2.75) is 297 Å². The molecular weight excluding hydrogens is 853 g/mol. The van der Waals surface area contributed by atoms with Crippen LogP contribution in [0.3, 0.4) is 0 Å². The summed E-state index contributed by atoms with van der Waals surface area (Å²) in [5, 5.41) is 0. The number of hydrogen-bond acceptors (Lipinski definition) is 6. The molecule has 0 rings (SSSR count). The maximum Gasteiger partial charge on any atom is 0.306 e. The third kappa shape index (κ3) is 55.6. The molecule has 0 aliphatic heterocycles. The van der Waals surface area contributed by atoms with Gasteiger partial charge in [-0.2, -0.15) is 0 Å². The molecule has 6 nitrogen and oxygen atoms in total. The molecule has 398 valence electrons. The molecule has 0 aromatic carbocycles. The highest BCUT2D eigenvalue weighted by Crippen LogP contribution is 2.16. The van der Waals surface area contributed by atoms with E-state index in [0.717, 1.165) is 109 Å². The van der Waals surface area contributed by atoms with Gasteiger partial charge in [-0.05, 0) is 89.9 Å². The van der Waals surface area contributed by atoms with Gasteiger partial charge in [0.05, 0.1) is 0 Å². The first-order valence-electron chi connectivity index (χ1n) is 29.4. The Bertz CT molecular complexity index is 1290. The van der Waals surface area contributed by atoms with Crippen molar-refractivity contribution in [2.24, 2.45) is 0 Å². The molecule has 0 unspecified atom stereocenters.